The number of anilines is 1. The molecule has 3 amide bonds. The van der Waals surface area contributed by atoms with Crippen molar-refractivity contribution in [2.45, 2.75) is 50.2 Å². The Kier molecular flexibility index (Phi) is 9.33. The highest BCUT2D eigenvalue weighted by Gasteiger charge is 2.54. The summed E-state index contributed by atoms with van der Waals surface area (Å²) in [4.78, 5) is 54.3. The third kappa shape index (κ3) is 6.75. The number of carbonyl (C=O) groups excluding carboxylic acids is 3. The molecule has 2 aliphatic heterocycles. The van der Waals surface area contributed by atoms with E-state index >= 15 is 0 Å². The largest absolute Gasteiger partial charge is 0.497 e. The van der Waals surface area contributed by atoms with Crippen LogP contribution in [0, 0.1) is 0 Å². The number of hydrogen-bond acceptors (Lipinski definition) is 6. The normalized spacial score (nSPS) is 16.5. The van der Waals surface area contributed by atoms with Crippen LogP contribution in [0.3, 0.4) is 0 Å². The van der Waals surface area contributed by atoms with Gasteiger partial charge in [-0.1, -0.05) is 60.7 Å². The SMILES string of the molecule is COc1ccc(CC(NC(=O)CCc2cnc[nH]2)C(=O)N2CCC3(CC2)C(=O)N(Cc2ccccc2)CN3c2ccccc2)cc1. The number of likely N-dealkylation sites (tertiary alicyclic amines) is 1. The van der Waals surface area contributed by atoms with E-state index in [1.807, 2.05) is 94.7 Å². The van der Waals surface area contributed by atoms with Crippen molar-refractivity contribution in [3.05, 3.63) is 114 Å². The Balaban J connectivity index is 1.18. The fraction of sp³-hybridized carbons (Fsp3) is 0.333. The molecule has 10 heteroatoms. The zero-order chi connectivity index (χ0) is 31.9. The van der Waals surface area contributed by atoms with E-state index in [-0.39, 0.29) is 24.1 Å². The first kappa shape index (κ1) is 30.9. The Morgan fingerprint density at radius 2 is 1.65 bits per heavy atom. The van der Waals surface area contributed by atoms with Crippen LogP contribution in [-0.4, -0.2) is 75.9 Å². The molecule has 0 aliphatic carbocycles. The summed E-state index contributed by atoms with van der Waals surface area (Å²) in [5, 5.41) is 3.01. The third-order valence-electron chi connectivity index (χ3n) is 9.11. The number of nitrogens with one attached hydrogen (secondary N) is 2. The maximum Gasteiger partial charge on any atom is 0.250 e. The van der Waals surface area contributed by atoms with Crippen molar-refractivity contribution >= 4 is 23.4 Å². The van der Waals surface area contributed by atoms with Gasteiger partial charge in [-0.25, -0.2) is 4.98 Å². The summed E-state index contributed by atoms with van der Waals surface area (Å²) in [7, 11) is 1.61. The van der Waals surface area contributed by atoms with E-state index in [1.54, 1.807) is 19.6 Å². The Morgan fingerprint density at radius 1 is 0.957 bits per heavy atom. The summed E-state index contributed by atoms with van der Waals surface area (Å²) in [6.07, 6.45) is 5.36. The van der Waals surface area contributed by atoms with Gasteiger partial charge in [0.15, 0.2) is 0 Å². The van der Waals surface area contributed by atoms with Gasteiger partial charge in [-0.15, -0.1) is 0 Å². The van der Waals surface area contributed by atoms with Crippen LogP contribution in [-0.2, 0) is 33.8 Å². The highest BCUT2D eigenvalue weighted by molar-refractivity contribution is 5.94. The summed E-state index contributed by atoms with van der Waals surface area (Å²) in [5.41, 5.74) is 3.11. The van der Waals surface area contributed by atoms with Crippen LogP contribution in [0.15, 0.2) is 97.5 Å². The molecule has 1 atom stereocenters. The van der Waals surface area contributed by atoms with Crippen molar-refractivity contribution in [2.75, 3.05) is 31.8 Å². The number of ether oxygens (including phenoxy) is 1. The van der Waals surface area contributed by atoms with Crippen LogP contribution in [0.25, 0.3) is 0 Å². The molecule has 4 aromatic rings. The highest BCUT2D eigenvalue weighted by atomic mass is 16.5. The van der Waals surface area contributed by atoms with E-state index in [0.29, 0.717) is 52.0 Å². The number of benzene rings is 3. The van der Waals surface area contributed by atoms with Crippen LogP contribution < -0.4 is 15.0 Å². The number of nitrogens with zero attached hydrogens (tertiary/aromatic N) is 4. The number of para-hydroxylation sites is 1. The van der Waals surface area contributed by atoms with Crippen LogP contribution >= 0.6 is 0 Å². The lowest BCUT2D eigenvalue weighted by Crippen LogP contribution is -2.59. The zero-order valence-electron chi connectivity index (χ0n) is 26.1. The maximum absolute atomic E-state index is 14.2. The highest BCUT2D eigenvalue weighted by Crippen LogP contribution is 2.40. The van der Waals surface area contributed by atoms with Crippen molar-refractivity contribution in [2.24, 2.45) is 0 Å². The van der Waals surface area contributed by atoms with Crippen LogP contribution in [0.5, 0.6) is 5.75 Å². The number of amides is 3. The second kappa shape index (κ2) is 13.9. The number of carbonyl (C=O) groups is 3. The second-order valence-corrected chi connectivity index (χ2v) is 12.0. The Bertz CT molecular complexity index is 1600. The second-order valence-electron chi connectivity index (χ2n) is 12.0. The van der Waals surface area contributed by atoms with Gasteiger partial charge >= 0.3 is 0 Å². The molecule has 2 fully saturated rings. The van der Waals surface area contributed by atoms with E-state index in [1.165, 1.54) is 0 Å². The lowest BCUT2D eigenvalue weighted by Gasteiger charge is -2.44. The number of imidazole rings is 1. The van der Waals surface area contributed by atoms with Gasteiger partial charge in [-0.2, -0.15) is 0 Å². The lowest BCUT2D eigenvalue weighted by atomic mass is 9.85. The number of hydrogen-bond donors (Lipinski definition) is 2. The molecular formula is C36H40N6O4. The van der Waals surface area contributed by atoms with E-state index in [0.717, 1.165) is 28.3 Å². The summed E-state index contributed by atoms with van der Waals surface area (Å²) in [5.74, 6) is 0.474. The molecule has 0 saturated carbocycles. The first-order valence-corrected chi connectivity index (χ1v) is 15.8. The molecule has 0 bridgehead atoms. The first-order valence-electron chi connectivity index (χ1n) is 15.8. The molecule has 2 aliphatic rings. The summed E-state index contributed by atoms with van der Waals surface area (Å²) in [6.45, 7) is 1.84. The molecule has 3 aromatic carbocycles. The summed E-state index contributed by atoms with van der Waals surface area (Å²) < 4.78 is 5.30. The number of H-pyrrole nitrogens is 1. The van der Waals surface area contributed by atoms with E-state index in [2.05, 4.69) is 20.2 Å². The van der Waals surface area contributed by atoms with Gasteiger partial charge in [0.25, 0.3) is 0 Å². The monoisotopic (exact) mass is 620 g/mol. The average Bonchev–Trinajstić information content (AvgIpc) is 3.71. The lowest BCUT2D eigenvalue weighted by molar-refractivity contribution is -0.141. The number of rotatable bonds is 11. The molecule has 1 spiro atoms. The average molecular weight is 621 g/mol. The van der Waals surface area contributed by atoms with Crippen molar-refractivity contribution in [1.82, 2.24) is 25.1 Å². The van der Waals surface area contributed by atoms with Crippen molar-refractivity contribution in [3.63, 3.8) is 0 Å². The van der Waals surface area contributed by atoms with Gasteiger partial charge in [0.1, 0.15) is 17.3 Å². The van der Waals surface area contributed by atoms with Crippen LogP contribution in [0.4, 0.5) is 5.69 Å². The number of aromatic nitrogens is 2. The predicted molar refractivity (Wildman–Crippen MR) is 175 cm³/mol. The molecule has 6 rings (SSSR count). The van der Waals surface area contributed by atoms with E-state index < -0.39 is 11.6 Å². The minimum atomic E-state index is -0.744. The van der Waals surface area contributed by atoms with Crippen LogP contribution in [0.1, 0.15) is 36.1 Å². The number of methoxy groups -OCH3 is 1. The first-order chi connectivity index (χ1) is 22.4. The predicted octanol–water partition coefficient (Wildman–Crippen LogP) is 3.95. The van der Waals surface area contributed by atoms with Gasteiger partial charge in [0, 0.05) is 50.1 Å². The molecule has 0 radical (unpaired) electrons. The number of aryl methyl sites for hydroxylation is 1. The molecular weight excluding hydrogens is 580 g/mol. The number of aromatic amines is 1. The molecule has 2 N–H and O–H groups in total. The molecule has 3 heterocycles. The van der Waals surface area contributed by atoms with Crippen molar-refractivity contribution in [1.29, 1.82) is 0 Å². The quantitative estimate of drug-likeness (QED) is 0.263. The van der Waals surface area contributed by atoms with Crippen molar-refractivity contribution < 1.29 is 19.1 Å². The fourth-order valence-corrected chi connectivity index (χ4v) is 6.58. The van der Waals surface area contributed by atoms with Gasteiger partial charge in [-0.05, 0) is 54.7 Å². The molecule has 2 saturated heterocycles. The molecule has 46 heavy (non-hydrogen) atoms. The van der Waals surface area contributed by atoms with Crippen molar-refractivity contribution in [3.8, 4) is 5.75 Å². The fourth-order valence-electron chi connectivity index (χ4n) is 6.58. The standard InChI is InChI=1S/C36H40N6O4/c1-46-31-15-12-27(13-16-31)22-32(39-33(43)17-14-29-23-37-25-38-29)34(44)40-20-18-36(19-21-40)35(45)41(24-28-8-4-2-5-9-28)26-42(36)30-10-6-3-7-11-30/h2-13,15-16,23,25,32H,14,17-22,24,26H2,1H3,(H,37,38)(H,39,43). The zero-order valence-corrected chi connectivity index (χ0v) is 26.1. The van der Waals surface area contributed by atoms with Gasteiger partial charge < -0.3 is 29.7 Å². The molecule has 10 nitrogen and oxygen atoms in total. The molecule has 1 unspecified atom stereocenters. The van der Waals surface area contributed by atoms with Gasteiger partial charge in [0.2, 0.25) is 17.7 Å². The van der Waals surface area contributed by atoms with E-state index in [4.69, 9.17) is 4.74 Å². The van der Waals surface area contributed by atoms with Crippen LogP contribution in [0.2, 0.25) is 0 Å². The Morgan fingerprint density at radius 3 is 2.30 bits per heavy atom. The summed E-state index contributed by atoms with van der Waals surface area (Å²) in [6, 6.07) is 26.9. The Hall–Kier alpha value is -5.12. The minimum Gasteiger partial charge on any atom is -0.497 e. The number of piperidine rings is 1. The molecule has 1 aromatic heterocycles. The Labute approximate surface area is 269 Å². The smallest absolute Gasteiger partial charge is 0.250 e. The maximum atomic E-state index is 14.2. The van der Waals surface area contributed by atoms with Gasteiger partial charge in [-0.3, -0.25) is 14.4 Å². The van der Waals surface area contributed by atoms with E-state index in [9.17, 15) is 14.4 Å². The summed E-state index contributed by atoms with van der Waals surface area (Å²) >= 11 is 0. The third-order valence-corrected chi connectivity index (χ3v) is 9.11. The van der Waals surface area contributed by atoms with Gasteiger partial charge in [0.05, 0.1) is 20.1 Å². The minimum absolute atomic E-state index is 0.0918. The molecule has 238 valence electrons. The topological polar surface area (TPSA) is 111 Å².